The lowest BCUT2D eigenvalue weighted by atomic mass is 10.0. The second-order valence-electron chi connectivity index (χ2n) is 7.10. The fraction of sp³-hybridized carbons (Fsp3) is 0.381. The quantitative estimate of drug-likeness (QED) is 0.834. The van der Waals surface area contributed by atoms with Gasteiger partial charge in [-0.2, -0.15) is 4.31 Å². The average Bonchev–Trinajstić information content (AvgIpc) is 2.69. The molecule has 1 fully saturated rings. The zero-order valence-electron chi connectivity index (χ0n) is 16.4. The van der Waals surface area contributed by atoms with Gasteiger partial charge in [0.2, 0.25) is 10.0 Å². The lowest BCUT2D eigenvalue weighted by Crippen LogP contribution is -2.40. The van der Waals surface area contributed by atoms with Crippen molar-refractivity contribution in [1.82, 2.24) is 9.62 Å². The topological polar surface area (TPSA) is 75.7 Å². The Bertz CT molecular complexity index is 949. The fourth-order valence-corrected chi connectivity index (χ4v) is 4.59. The highest BCUT2D eigenvalue weighted by molar-refractivity contribution is 7.89. The predicted octanol–water partition coefficient (Wildman–Crippen LogP) is 2.82. The Labute approximate surface area is 166 Å². The van der Waals surface area contributed by atoms with Gasteiger partial charge in [0.05, 0.1) is 24.2 Å². The molecule has 2 aromatic carbocycles. The molecule has 1 amide bonds. The molecule has 0 aliphatic carbocycles. The molecule has 3 rings (SSSR count). The molecule has 1 heterocycles. The smallest absolute Gasteiger partial charge is 0.252 e. The van der Waals surface area contributed by atoms with Crippen LogP contribution in [-0.2, 0) is 14.8 Å². The molecular formula is C21H26N2O4S. The molecule has 0 unspecified atom stereocenters. The second kappa shape index (κ2) is 8.43. The van der Waals surface area contributed by atoms with E-state index in [0.717, 1.165) is 16.7 Å². The van der Waals surface area contributed by atoms with E-state index in [1.165, 1.54) is 10.4 Å². The summed E-state index contributed by atoms with van der Waals surface area (Å²) in [4.78, 5) is 13.0. The molecule has 0 saturated carbocycles. The first kappa shape index (κ1) is 20.5. The number of nitrogens with zero attached hydrogens (tertiary/aromatic N) is 1. The molecule has 6 nitrogen and oxygen atoms in total. The standard InChI is InChI=1S/C21H26N2O4S/c1-15-4-7-18(8-5-15)17(3)22-21(24)20-14-19(9-6-16(20)2)28(25,26)23-10-12-27-13-11-23/h4-9,14,17H,10-13H2,1-3H3,(H,22,24)/t17-/m1/s1. The molecule has 0 bridgehead atoms. The molecule has 1 atom stereocenters. The van der Waals surface area contributed by atoms with Crippen molar-refractivity contribution in [3.63, 3.8) is 0 Å². The minimum atomic E-state index is -3.65. The molecule has 7 heteroatoms. The first-order chi connectivity index (χ1) is 13.3. The number of amides is 1. The zero-order valence-corrected chi connectivity index (χ0v) is 17.3. The Balaban J connectivity index is 1.82. The van der Waals surface area contributed by atoms with E-state index in [1.807, 2.05) is 38.1 Å². The van der Waals surface area contributed by atoms with Gasteiger partial charge in [0.1, 0.15) is 0 Å². The largest absolute Gasteiger partial charge is 0.379 e. The summed E-state index contributed by atoms with van der Waals surface area (Å²) in [6, 6.07) is 12.5. The van der Waals surface area contributed by atoms with Gasteiger partial charge in [-0.15, -0.1) is 0 Å². The Hall–Kier alpha value is -2.22. The third kappa shape index (κ3) is 4.43. The van der Waals surface area contributed by atoms with Crippen LogP contribution in [0.15, 0.2) is 47.4 Å². The van der Waals surface area contributed by atoms with E-state index in [2.05, 4.69) is 5.32 Å². The molecule has 1 aliphatic heterocycles. The number of aryl methyl sites for hydroxylation is 2. The van der Waals surface area contributed by atoms with Crippen LogP contribution in [-0.4, -0.2) is 44.9 Å². The Morgan fingerprint density at radius 3 is 2.36 bits per heavy atom. The molecule has 0 aromatic heterocycles. The summed E-state index contributed by atoms with van der Waals surface area (Å²) < 4.78 is 32.4. The maximum absolute atomic E-state index is 12.9. The second-order valence-corrected chi connectivity index (χ2v) is 9.04. The van der Waals surface area contributed by atoms with Crippen LogP contribution < -0.4 is 5.32 Å². The lowest BCUT2D eigenvalue weighted by molar-refractivity contribution is 0.0730. The number of sulfonamides is 1. The van der Waals surface area contributed by atoms with E-state index >= 15 is 0 Å². The maximum atomic E-state index is 12.9. The van der Waals surface area contributed by atoms with Crippen molar-refractivity contribution in [3.05, 3.63) is 64.7 Å². The third-order valence-electron chi connectivity index (χ3n) is 4.99. The molecule has 28 heavy (non-hydrogen) atoms. The van der Waals surface area contributed by atoms with Crippen molar-refractivity contribution < 1.29 is 17.9 Å². The number of nitrogens with one attached hydrogen (secondary N) is 1. The number of carbonyl (C=O) groups is 1. The van der Waals surface area contributed by atoms with Crippen molar-refractivity contribution in [2.75, 3.05) is 26.3 Å². The summed E-state index contributed by atoms with van der Waals surface area (Å²) in [6.45, 7) is 7.13. The van der Waals surface area contributed by atoms with Gasteiger partial charge in [0.15, 0.2) is 0 Å². The van der Waals surface area contributed by atoms with E-state index in [-0.39, 0.29) is 16.8 Å². The summed E-state index contributed by atoms with van der Waals surface area (Å²) in [6.07, 6.45) is 0. The summed E-state index contributed by atoms with van der Waals surface area (Å²) in [5, 5.41) is 2.96. The van der Waals surface area contributed by atoms with Crippen molar-refractivity contribution in [2.45, 2.75) is 31.7 Å². The van der Waals surface area contributed by atoms with Crippen LogP contribution in [0, 0.1) is 13.8 Å². The summed E-state index contributed by atoms with van der Waals surface area (Å²) in [5.41, 5.74) is 3.25. The van der Waals surface area contributed by atoms with E-state index in [9.17, 15) is 13.2 Å². The molecule has 1 N–H and O–H groups in total. The van der Waals surface area contributed by atoms with E-state index in [1.54, 1.807) is 19.1 Å². The number of hydrogen-bond acceptors (Lipinski definition) is 4. The predicted molar refractivity (Wildman–Crippen MR) is 108 cm³/mol. The number of morpholine rings is 1. The number of ether oxygens (including phenoxy) is 1. The number of benzene rings is 2. The fourth-order valence-electron chi connectivity index (χ4n) is 3.16. The highest BCUT2D eigenvalue weighted by atomic mass is 32.2. The van der Waals surface area contributed by atoms with Crippen LogP contribution in [0.3, 0.4) is 0 Å². The monoisotopic (exact) mass is 402 g/mol. The highest BCUT2D eigenvalue weighted by Gasteiger charge is 2.27. The van der Waals surface area contributed by atoms with Crippen molar-refractivity contribution in [2.24, 2.45) is 0 Å². The van der Waals surface area contributed by atoms with Gasteiger partial charge in [-0.1, -0.05) is 35.9 Å². The van der Waals surface area contributed by atoms with Gasteiger partial charge in [0.25, 0.3) is 5.91 Å². The number of carbonyl (C=O) groups excluding carboxylic acids is 1. The molecule has 1 aliphatic rings. The van der Waals surface area contributed by atoms with Gasteiger partial charge < -0.3 is 10.1 Å². The third-order valence-corrected chi connectivity index (χ3v) is 6.88. The van der Waals surface area contributed by atoms with Gasteiger partial charge in [-0.05, 0) is 44.0 Å². The van der Waals surface area contributed by atoms with Crippen molar-refractivity contribution in [3.8, 4) is 0 Å². The highest BCUT2D eigenvalue weighted by Crippen LogP contribution is 2.22. The van der Waals surface area contributed by atoms with Gasteiger partial charge in [-0.3, -0.25) is 4.79 Å². The molecular weight excluding hydrogens is 376 g/mol. The number of rotatable bonds is 5. The molecule has 2 aromatic rings. The van der Waals surface area contributed by atoms with E-state index in [0.29, 0.717) is 31.9 Å². The summed E-state index contributed by atoms with van der Waals surface area (Å²) in [7, 11) is -3.65. The molecule has 150 valence electrons. The molecule has 0 radical (unpaired) electrons. The van der Waals surface area contributed by atoms with Crippen LogP contribution in [0.5, 0.6) is 0 Å². The SMILES string of the molecule is Cc1ccc([C@@H](C)NC(=O)c2cc(S(=O)(=O)N3CCOCC3)ccc2C)cc1. The van der Waals surface area contributed by atoms with Crippen LogP contribution in [0.4, 0.5) is 0 Å². The van der Waals surface area contributed by atoms with Gasteiger partial charge >= 0.3 is 0 Å². The maximum Gasteiger partial charge on any atom is 0.252 e. The van der Waals surface area contributed by atoms with Gasteiger partial charge in [-0.25, -0.2) is 8.42 Å². The van der Waals surface area contributed by atoms with Crippen molar-refractivity contribution >= 4 is 15.9 Å². The van der Waals surface area contributed by atoms with E-state index < -0.39 is 10.0 Å². The molecule has 1 saturated heterocycles. The zero-order chi connectivity index (χ0) is 20.3. The Kier molecular flexibility index (Phi) is 6.17. The van der Waals surface area contributed by atoms with Crippen LogP contribution in [0.25, 0.3) is 0 Å². The van der Waals surface area contributed by atoms with Crippen molar-refractivity contribution in [1.29, 1.82) is 0 Å². The summed E-state index contributed by atoms with van der Waals surface area (Å²) in [5.74, 6) is -0.287. The first-order valence-corrected chi connectivity index (χ1v) is 10.8. The normalized spacial score (nSPS) is 16.5. The van der Waals surface area contributed by atoms with Crippen LogP contribution in [0.1, 0.15) is 40.0 Å². The lowest BCUT2D eigenvalue weighted by Gasteiger charge is -2.26. The number of hydrogen-bond donors (Lipinski definition) is 1. The first-order valence-electron chi connectivity index (χ1n) is 9.35. The minimum absolute atomic E-state index is 0.133. The Morgan fingerprint density at radius 2 is 1.71 bits per heavy atom. The van der Waals surface area contributed by atoms with Crippen LogP contribution >= 0.6 is 0 Å². The van der Waals surface area contributed by atoms with Gasteiger partial charge in [0, 0.05) is 18.7 Å². The molecule has 0 spiro atoms. The summed E-state index contributed by atoms with van der Waals surface area (Å²) >= 11 is 0. The minimum Gasteiger partial charge on any atom is -0.379 e. The average molecular weight is 403 g/mol. The Morgan fingerprint density at radius 1 is 1.07 bits per heavy atom. The van der Waals surface area contributed by atoms with Crippen LogP contribution in [0.2, 0.25) is 0 Å². The van der Waals surface area contributed by atoms with E-state index in [4.69, 9.17) is 4.74 Å².